The van der Waals surface area contributed by atoms with Gasteiger partial charge in [0.1, 0.15) is 5.75 Å². The van der Waals surface area contributed by atoms with Gasteiger partial charge in [0.25, 0.3) is 0 Å². The Morgan fingerprint density at radius 1 is 1.14 bits per heavy atom. The average Bonchev–Trinajstić information content (AvgIpc) is 2.43. The van der Waals surface area contributed by atoms with Crippen LogP contribution >= 0.6 is 23.2 Å². The molecule has 3 nitrogen and oxygen atoms in total. The summed E-state index contributed by atoms with van der Waals surface area (Å²) in [5, 5.41) is 9.19. The molecule has 2 rings (SSSR count). The Bertz CT molecular complexity index is 714. The predicted octanol–water partition coefficient (Wildman–Crippen LogP) is 5.02. The van der Waals surface area contributed by atoms with Gasteiger partial charge in [0.05, 0.1) is 10.0 Å². The van der Waals surface area contributed by atoms with Gasteiger partial charge in [-0.3, -0.25) is 0 Å². The first-order valence-electron chi connectivity index (χ1n) is 5.79. The molecule has 0 spiro atoms. The van der Waals surface area contributed by atoms with E-state index in [-0.39, 0.29) is 5.75 Å². The fraction of sp³-hybridized carbons (Fsp3) is 0. The molecule has 2 aromatic rings. The highest BCUT2D eigenvalue weighted by atomic mass is 35.5. The summed E-state index contributed by atoms with van der Waals surface area (Å²) in [5.41, 5.74) is 0.413. The number of aliphatic carboxylic acids is 1. The standard InChI is InChI=1S/C15H9Cl2FO3/c16-11-4-3-10(8-12(11)17)21-14-5-1-9(7-13(14)18)2-6-15(19)20/h1-8H,(H,19,20). The van der Waals surface area contributed by atoms with Crippen LogP contribution in [-0.4, -0.2) is 11.1 Å². The highest BCUT2D eigenvalue weighted by Crippen LogP contribution is 2.30. The number of benzene rings is 2. The Labute approximate surface area is 130 Å². The van der Waals surface area contributed by atoms with Gasteiger partial charge in [-0.15, -0.1) is 0 Å². The molecule has 108 valence electrons. The van der Waals surface area contributed by atoms with Gasteiger partial charge in [-0.2, -0.15) is 0 Å². The maximum Gasteiger partial charge on any atom is 0.328 e. The van der Waals surface area contributed by atoms with E-state index in [2.05, 4.69) is 0 Å². The first-order chi connectivity index (χ1) is 9.95. The van der Waals surface area contributed by atoms with Crippen LogP contribution in [0.4, 0.5) is 4.39 Å². The number of ether oxygens (including phenoxy) is 1. The first kappa shape index (κ1) is 15.4. The van der Waals surface area contributed by atoms with Crippen LogP contribution in [-0.2, 0) is 4.79 Å². The van der Waals surface area contributed by atoms with Gasteiger partial charge in [0, 0.05) is 12.1 Å². The van der Waals surface area contributed by atoms with Gasteiger partial charge >= 0.3 is 5.97 Å². The SMILES string of the molecule is O=C(O)C=Cc1ccc(Oc2ccc(Cl)c(Cl)c2)c(F)c1. The average molecular weight is 327 g/mol. The molecule has 0 saturated carbocycles. The molecule has 21 heavy (non-hydrogen) atoms. The van der Waals surface area contributed by atoms with Crippen LogP contribution < -0.4 is 4.74 Å². The molecule has 0 unspecified atom stereocenters. The molecule has 2 aromatic carbocycles. The van der Waals surface area contributed by atoms with Crippen molar-refractivity contribution in [2.24, 2.45) is 0 Å². The Hall–Kier alpha value is -2.04. The number of hydrogen-bond acceptors (Lipinski definition) is 2. The van der Waals surface area contributed by atoms with Crippen molar-refractivity contribution in [1.82, 2.24) is 0 Å². The Morgan fingerprint density at radius 2 is 1.90 bits per heavy atom. The number of hydrogen-bond donors (Lipinski definition) is 1. The lowest BCUT2D eigenvalue weighted by molar-refractivity contribution is -0.131. The molecule has 0 aliphatic heterocycles. The largest absolute Gasteiger partial charge is 0.478 e. The van der Waals surface area contributed by atoms with Crippen LogP contribution in [0.2, 0.25) is 10.0 Å². The lowest BCUT2D eigenvalue weighted by Crippen LogP contribution is -1.90. The summed E-state index contributed by atoms with van der Waals surface area (Å²) >= 11 is 11.6. The summed E-state index contributed by atoms with van der Waals surface area (Å²) in [6, 6.07) is 8.69. The summed E-state index contributed by atoms with van der Waals surface area (Å²) in [7, 11) is 0. The molecule has 0 atom stereocenters. The van der Waals surface area contributed by atoms with Gasteiger partial charge in [-0.05, 0) is 35.9 Å². The fourth-order valence-corrected chi connectivity index (χ4v) is 1.83. The van der Waals surface area contributed by atoms with E-state index in [1.807, 2.05) is 0 Å². The normalized spacial score (nSPS) is 10.8. The summed E-state index contributed by atoms with van der Waals surface area (Å²) in [6.45, 7) is 0. The van der Waals surface area contributed by atoms with Crippen molar-refractivity contribution in [2.45, 2.75) is 0 Å². The fourth-order valence-electron chi connectivity index (χ4n) is 1.54. The van der Waals surface area contributed by atoms with Crippen LogP contribution in [0.3, 0.4) is 0 Å². The van der Waals surface area contributed by atoms with Crippen LogP contribution in [0, 0.1) is 5.82 Å². The second-order valence-corrected chi connectivity index (χ2v) is 4.85. The minimum Gasteiger partial charge on any atom is -0.478 e. The maximum atomic E-state index is 13.9. The molecule has 0 aromatic heterocycles. The zero-order valence-electron chi connectivity index (χ0n) is 10.5. The molecule has 0 aliphatic carbocycles. The molecule has 0 bridgehead atoms. The highest BCUT2D eigenvalue weighted by Gasteiger charge is 2.07. The molecular formula is C15H9Cl2FO3. The van der Waals surface area contributed by atoms with Gasteiger partial charge in [0.2, 0.25) is 0 Å². The van der Waals surface area contributed by atoms with Gasteiger partial charge in [-0.25, -0.2) is 9.18 Å². The quantitative estimate of drug-likeness (QED) is 0.802. The minimum atomic E-state index is -1.11. The van der Waals surface area contributed by atoms with Crippen molar-refractivity contribution < 1.29 is 19.0 Å². The summed E-state index contributed by atoms with van der Waals surface area (Å²) in [4.78, 5) is 10.4. The van der Waals surface area contributed by atoms with Crippen molar-refractivity contribution in [3.05, 3.63) is 63.9 Å². The van der Waals surface area contributed by atoms with E-state index in [0.29, 0.717) is 21.4 Å². The summed E-state index contributed by atoms with van der Waals surface area (Å²) in [6.07, 6.45) is 2.21. The highest BCUT2D eigenvalue weighted by molar-refractivity contribution is 6.42. The van der Waals surface area contributed by atoms with Gasteiger partial charge in [-0.1, -0.05) is 29.3 Å². The van der Waals surface area contributed by atoms with E-state index in [0.717, 1.165) is 6.08 Å². The third kappa shape index (κ3) is 4.21. The molecule has 1 N–H and O–H groups in total. The molecule has 0 radical (unpaired) electrons. The van der Waals surface area contributed by atoms with Crippen molar-refractivity contribution >= 4 is 35.2 Å². The van der Waals surface area contributed by atoms with Crippen molar-refractivity contribution in [3.63, 3.8) is 0 Å². The molecule has 0 fully saturated rings. The molecule has 0 saturated heterocycles. The van der Waals surface area contributed by atoms with Crippen molar-refractivity contribution in [2.75, 3.05) is 0 Å². The third-order valence-corrected chi connectivity index (χ3v) is 3.23. The lowest BCUT2D eigenvalue weighted by Gasteiger charge is -2.08. The molecule has 0 aliphatic rings. The Kier molecular flexibility index (Phi) is 4.83. The van der Waals surface area contributed by atoms with E-state index in [4.69, 9.17) is 33.0 Å². The Balaban J connectivity index is 2.21. The van der Waals surface area contributed by atoms with Gasteiger partial charge < -0.3 is 9.84 Å². The number of carboxylic acid groups (broad SMARTS) is 1. The smallest absolute Gasteiger partial charge is 0.328 e. The van der Waals surface area contributed by atoms with E-state index < -0.39 is 11.8 Å². The van der Waals surface area contributed by atoms with Gasteiger partial charge in [0.15, 0.2) is 11.6 Å². The van der Waals surface area contributed by atoms with Crippen molar-refractivity contribution in [3.8, 4) is 11.5 Å². The van der Waals surface area contributed by atoms with E-state index in [9.17, 15) is 9.18 Å². The van der Waals surface area contributed by atoms with Crippen LogP contribution in [0.5, 0.6) is 11.5 Å². The van der Waals surface area contributed by atoms with E-state index in [1.54, 1.807) is 12.1 Å². The van der Waals surface area contributed by atoms with Crippen LogP contribution in [0.15, 0.2) is 42.5 Å². The number of carboxylic acids is 1. The number of carbonyl (C=O) groups is 1. The van der Waals surface area contributed by atoms with E-state index >= 15 is 0 Å². The molecular weight excluding hydrogens is 318 g/mol. The second-order valence-electron chi connectivity index (χ2n) is 4.04. The van der Waals surface area contributed by atoms with Crippen molar-refractivity contribution in [1.29, 1.82) is 0 Å². The van der Waals surface area contributed by atoms with E-state index in [1.165, 1.54) is 30.3 Å². The lowest BCUT2D eigenvalue weighted by atomic mass is 10.2. The zero-order chi connectivity index (χ0) is 15.4. The first-order valence-corrected chi connectivity index (χ1v) is 6.55. The van der Waals surface area contributed by atoms with Crippen LogP contribution in [0.25, 0.3) is 6.08 Å². The third-order valence-electron chi connectivity index (χ3n) is 2.49. The predicted molar refractivity (Wildman–Crippen MR) is 79.6 cm³/mol. The monoisotopic (exact) mass is 326 g/mol. The molecule has 0 heterocycles. The zero-order valence-corrected chi connectivity index (χ0v) is 12.0. The summed E-state index contributed by atoms with van der Waals surface area (Å²) < 4.78 is 19.2. The topological polar surface area (TPSA) is 46.5 Å². The maximum absolute atomic E-state index is 13.9. The molecule has 0 amide bonds. The minimum absolute atomic E-state index is 0.000800. The second kappa shape index (κ2) is 6.61. The number of rotatable bonds is 4. The number of halogens is 3. The molecule has 6 heteroatoms. The van der Waals surface area contributed by atoms with Crippen LogP contribution in [0.1, 0.15) is 5.56 Å². The Morgan fingerprint density at radius 3 is 2.52 bits per heavy atom. The summed E-state index contributed by atoms with van der Waals surface area (Å²) in [5.74, 6) is -1.38.